The molecular formula is C29H31N3O6. The molecule has 0 unspecified atom stereocenters. The van der Waals surface area contributed by atoms with Crippen LogP contribution in [-0.4, -0.2) is 43.8 Å². The van der Waals surface area contributed by atoms with Gasteiger partial charge in [0.05, 0.1) is 31.5 Å². The number of rotatable bonds is 12. The van der Waals surface area contributed by atoms with Gasteiger partial charge in [0, 0.05) is 5.56 Å². The van der Waals surface area contributed by atoms with Crippen LogP contribution in [0.15, 0.2) is 71.8 Å². The Kier molecular flexibility index (Phi) is 10.4. The number of amides is 2. The Bertz CT molecular complexity index is 1290. The van der Waals surface area contributed by atoms with Crippen molar-refractivity contribution in [2.75, 3.05) is 19.8 Å². The van der Waals surface area contributed by atoms with Crippen molar-refractivity contribution in [2.45, 2.75) is 27.2 Å². The lowest BCUT2D eigenvalue weighted by Gasteiger charge is -2.12. The van der Waals surface area contributed by atoms with E-state index in [2.05, 4.69) is 15.8 Å². The van der Waals surface area contributed by atoms with Gasteiger partial charge in [0.2, 0.25) is 0 Å². The smallest absolute Gasteiger partial charge is 0.343 e. The number of hydrazone groups is 1. The maximum atomic E-state index is 12.6. The molecule has 0 saturated carbocycles. The highest BCUT2D eigenvalue weighted by molar-refractivity contribution is 5.97. The quantitative estimate of drug-likeness (QED) is 0.160. The predicted octanol–water partition coefficient (Wildman–Crippen LogP) is 4.28. The minimum absolute atomic E-state index is 0.227. The predicted molar refractivity (Wildman–Crippen MR) is 144 cm³/mol. The first-order chi connectivity index (χ1) is 18.4. The second-order valence-corrected chi connectivity index (χ2v) is 8.19. The molecule has 0 fully saturated rings. The number of hydrogen-bond acceptors (Lipinski definition) is 7. The Morgan fingerprint density at radius 2 is 1.68 bits per heavy atom. The van der Waals surface area contributed by atoms with E-state index in [9.17, 15) is 14.4 Å². The molecule has 0 aliphatic carbocycles. The zero-order chi connectivity index (χ0) is 27.3. The maximum Gasteiger partial charge on any atom is 0.343 e. The average Bonchev–Trinajstić information content (AvgIpc) is 2.92. The molecule has 0 bridgehead atoms. The number of benzene rings is 3. The van der Waals surface area contributed by atoms with Gasteiger partial charge in [-0.25, -0.2) is 10.2 Å². The molecule has 9 nitrogen and oxygen atoms in total. The molecule has 198 valence electrons. The number of aryl methyl sites for hydroxylation is 1. The molecule has 3 rings (SSSR count). The summed E-state index contributed by atoms with van der Waals surface area (Å²) in [5.41, 5.74) is 4.67. The van der Waals surface area contributed by atoms with Gasteiger partial charge >= 0.3 is 5.97 Å². The summed E-state index contributed by atoms with van der Waals surface area (Å²) in [6.07, 6.45) is 2.31. The molecule has 0 spiro atoms. The van der Waals surface area contributed by atoms with Crippen molar-refractivity contribution in [1.29, 1.82) is 0 Å². The molecule has 3 aromatic carbocycles. The van der Waals surface area contributed by atoms with Crippen molar-refractivity contribution in [1.82, 2.24) is 10.7 Å². The second-order valence-electron chi connectivity index (χ2n) is 8.19. The van der Waals surface area contributed by atoms with Gasteiger partial charge in [-0.2, -0.15) is 5.10 Å². The molecular weight excluding hydrogens is 486 g/mol. The van der Waals surface area contributed by atoms with Gasteiger partial charge in [0.1, 0.15) is 5.75 Å². The van der Waals surface area contributed by atoms with Crippen LogP contribution < -0.4 is 25.0 Å². The van der Waals surface area contributed by atoms with Crippen molar-refractivity contribution in [3.63, 3.8) is 0 Å². The fraction of sp³-hybridized carbons (Fsp3) is 0.241. The third-order valence-corrected chi connectivity index (χ3v) is 5.24. The van der Waals surface area contributed by atoms with Gasteiger partial charge in [-0.05, 0) is 79.9 Å². The van der Waals surface area contributed by atoms with Gasteiger partial charge in [-0.1, -0.05) is 25.1 Å². The zero-order valence-corrected chi connectivity index (χ0v) is 21.7. The van der Waals surface area contributed by atoms with E-state index < -0.39 is 11.9 Å². The highest BCUT2D eigenvalue weighted by atomic mass is 16.6. The highest BCUT2D eigenvalue weighted by Crippen LogP contribution is 2.29. The van der Waals surface area contributed by atoms with Crippen molar-refractivity contribution in [3.8, 4) is 17.2 Å². The van der Waals surface area contributed by atoms with E-state index in [1.165, 1.54) is 6.21 Å². The van der Waals surface area contributed by atoms with Crippen LogP contribution in [0, 0.1) is 6.92 Å². The van der Waals surface area contributed by atoms with Gasteiger partial charge in [-0.3, -0.25) is 9.59 Å². The van der Waals surface area contributed by atoms with Crippen molar-refractivity contribution in [3.05, 3.63) is 89.0 Å². The molecule has 0 radical (unpaired) electrons. The van der Waals surface area contributed by atoms with Crippen LogP contribution >= 0.6 is 0 Å². The fourth-order valence-corrected chi connectivity index (χ4v) is 3.33. The highest BCUT2D eigenvalue weighted by Gasteiger charge is 2.14. The van der Waals surface area contributed by atoms with E-state index in [1.807, 2.05) is 32.9 Å². The molecule has 0 heterocycles. The largest absolute Gasteiger partial charge is 0.494 e. The lowest BCUT2D eigenvalue weighted by molar-refractivity contribution is -0.120. The summed E-state index contributed by atoms with van der Waals surface area (Å²) in [6.45, 7) is 6.38. The average molecular weight is 518 g/mol. The Morgan fingerprint density at radius 3 is 2.39 bits per heavy atom. The SMILES string of the molecule is CCCOc1ccc(C(=O)Oc2ccc(C=NNC(=O)CNC(=O)c3ccccc3C)cc2OCC)cc1. The van der Waals surface area contributed by atoms with Crippen LogP contribution in [0.3, 0.4) is 0 Å². The first-order valence-corrected chi connectivity index (χ1v) is 12.3. The van der Waals surface area contributed by atoms with E-state index >= 15 is 0 Å². The summed E-state index contributed by atoms with van der Waals surface area (Å²) in [7, 11) is 0. The van der Waals surface area contributed by atoms with Crippen LogP contribution in [0.1, 0.15) is 52.1 Å². The lowest BCUT2D eigenvalue weighted by atomic mass is 10.1. The molecule has 3 aromatic rings. The summed E-state index contributed by atoms with van der Waals surface area (Å²) in [4.78, 5) is 36.9. The van der Waals surface area contributed by atoms with Gasteiger partial charge < -0.3 is 19.5 Å². The van der Waals surface area contributed by atoms with Crippen LogP contribution in [0.25, 0.3) is 0 Å². The zero-order valence-electron chi connectivity index (χ0n) is 21.7. The molecule has 2 amide bonds. The summed E-state index contributed by atoms with van der Waals surface area (Å²) in [5.74, 6) is -0.0654. The molecule has 9 heteroatoms. The Balaban J connectivity index is 1.56. The second kappa shape index (κ2) is 14.2. The number of carbonyl (C=O) groups excluding carboxylic acids is 3. The van der Waals surface area contributed by atoms with Crippen LogP contribution in [0.5, 0.6) is 17.2 Å². The number of nitrogens with zero attached hydrogens (tertiary/aromatic N) is 1. The van der Waals surface area contributed by atoms with Crippen molar-refractivity contribution in [2.24, 2.45) is 5.10 Å². The van der Waals surface area contributed by atoms with E-state index in [4.69, 9.17) is 14.2 Å². The molecule has 0 aliphatic rings. The summed E-state index contributed by atoms with van der Waals surface area (Å²) in [5, 5.41) is 6.49. The standard InChI is InChI=1S/C29H31N3O6/c1-4-16-37-23-13-11-22(12-14-23)29(35)38-25-15-10-21(17-26(25)36-5-2)18-31-32-27(33)19-30-28(34)24-9-7-6-8-20(24)3/h6-15,17-18H,4-5,16,19H2,1-3H3,(H,30,34)(H,32,33). The van der Waals surface area contributed by atoms with E-state index in [0.717, 1.165) is 12.0 Å². The topological polar surface area (TPSA) is 115 Å². The molecule has 2 N–H and O–H groups in total. The van der Waals surface area contributed by atoms with Crippen LogP contribution in [-0.2, 0) is 4.79 Å². The number of nitrogens with one attached hydrogen (secondary N) is 2. The Labute approximate surface area is 221 Å². The summed E-state index contributed by atoms with van der Waals surface area (Å²) >= 11 is 0. The maximum absolute atomic E-state index is 12.6. The van der Waals surface area contributed by atoms with Gasteiger partial charge in [0.15, 0.2) is 11.5 Å². The third-order valence-electron chi connectivity index (χ3n) is 5.24. The Morgan fingerprint density at radius 1 is 0.921 bits per heavy atom. The van der Waals surface area contributed by atoms with Crippen molar-refractivity contribution < 1.29 is 28.6 Å². The van der Waals surface area contributed by atoms with Crippen LogP contribution in [0.2, 0.25) is 0 Å². The van der Waals surface area contributed by atoms with E-state index in [1.54, 1.807) is 54.6 Å². The monoisotopic (exact) mass is 517 g/mol. The molecule has 0 saturated heterocycles. The number of carbonyl (C=O) groups is 3. The minimum Gasteiger partial charge on any atom is -0.494 e. The first kappa shape index (κ1) is 27.9. The van der Waals surface area contributed by atoms with Gasteiger partial charge in [0.25, 0.3) is 11.8 Å². The molecule has 0 atom stereocenters. The minimum atomic E-state index is -0.533. The Hall–Kier alpha value is -4.66. The molecule has 0 aliphatic heterocycles. The van der Waals surface area contributed by atoms with Gasteiger partial charge in [-0.15, -0.1) is 0 Å². The number of esters is 1. The summed E-state index contributed by atoms with van der Waals surface area (Å²) in [6, 6.07) is 18.7. The summed E-state index contributed by atoms with van der Waals surface area (Å²) < 4.78 is 16.7. The lowest BCUT2D eigenvalue weighted by Crippen LogP contribution is -2.35. The van der Waals surface area contributed by atoms with Crippen molar-refractivity contribution >= 4 is 24.0 Å². The number of ether oxygens (including phenoxy) is 3. The molecule has 0 aromatic heterocycles. The number of hydrogen-bond donors (Lipinski definition) is 2. The first-order valence-electron chi connectivity index (χ1n) is 12.3. The molecule has 38 heavy (non-hydrogen) atoms. The van der Waals surface area contributed by atoms with E-state index in [-0.39, 0.29) is 18.2 Å². The van der Waals surface area contributed by atoms with Crippen LogP contribution in [0.4, 0.5) is 0 Å². The van der Waals surface area contributed by atoms with E-state index in [0.29, 0.717) is 41.4 Å². The third kappa shape index (κ3) is 8.19. The normalized spacial score (nSPS) is 10.6. The fourth-order valence-electron chi connectivity index (χ4n) is 3.33.